The number of methoxy groups -OCH3 is 1. The first kappa shape index (κ1) is 20.3. The fourth-order valence-corrected chi connectivity index (χ4v) is 2.93. The minimum atomic E-state index is 0.782. The second kappa shape index (κ2) is 11.5. The second-order valence-electron chi connectivity index (χ2n) is 6.50. The summed E-state index contributed by atoms with van der Waals surface area (Å²) in [5.74, 6) is 0.877. The summed E-state index contributed by atoms with van der Waals surface area (Å²) >= 11 is 0. The summed E-state index contributed by atoms with van der Waals surface area (Å²) in [6.07, 6.45) is 4.30. The number of aromatic nitrogens is 1. The molecule has 2 N–H and O–H groups in total. The number of nitrogens with zero attached hydrogens (tertiary/aromatic N) is 3. The number of ether oxygens (including phenoxy) is 1. The summed E-state index contributed by atoms with van der Waals surface area (Å²) in [6.45, 7) is 5.62. The molecule has 2 rings (SSSR count). The van der Waals surface area contributed by atoms with E-state index in [1.165, 1.54) is 10.9 Å². The quantitative estimate of drug-likeness (QED) is 0.367. The molecule has 1 aromatic heterocycles. The van der Waals surface area contributed by atoms with E-state index in [1.807, 2.05) is 7.05 Å². The van der Waals surface area contributed by atoms with Crippen molar-refractivity contribution < 1.29 is 4.74 Å². The number of hydrogen-bond acceptors (Lipinski definition) is 3. The van der Waals surface area contributed by atoms with E-state index in [9.17, 15) is 0 Å². The Hall–Kier alpha value is -2.05. The van der Waals surface area contributed by atoms with Gasteiger partial charge < -0.3 is 24.8 Å². The van der Waals surface area contributed by atoms with Crippen molar-refractivity contribution in [2.75, 3.05) is 54.0 Å². The molecule has 0 bridgehead atoms. The normalized spacial score (nSPS) is 12.1. The van der Waals surface area contributed by atoms with Crippen molar-refractivity contribution in [3.8, 4) is 0 Å². The van der Waals surface area contributed by atoms with Crippen molar-refractivity contribution in [1.82, 2.24) is 20.1 Å². The van der Waals surface area contributed by atoms with Crippen molar-refractivity contribution in [2.24, 2.45) is 4.99 Å². The number of aryl methyl sites for hydroxylation is 1. The van der Waals surface area contributed by atoms with Crippen molar-refractivity contribution in [3.05, 3.63) is 36.5 Å². The molecule has 0 aliphatic rings. The Kier molecular flexibility index (Phi) is 9.00. The van der Waals surface area contributed by atoms with Gasteiger partial charge in [0, 0.05) is 52.1 Å². The van der Waals surface area contributed by atoms with Crippen LogP contribution in [0.3, 0.4) is 0 Å². The van der Waals surface area contributed by atoms with Crippen molar-refractivity contribution in [2.45, 2.75) is 19.4 Å². The Morgan fingerprint density at radius 3 is 2.65 bits per heavy atom. The monoisotopic (exact) mass is 359 g/mol. The molecule has 0 atom stereocenters. The highest BCUT2D eigenvalue weighted by Gasteiger charge is 2.01. The molecule has 0 spiro atoms. The van der Waals surface area contributed by atoms with E-state index in [-0.39, 0.29) is 0 Å². The average molecular weight is 360 g/mol. The molecule has 0 aliphatic carbocycles. The molecule has 1 aromatic carbocycles. The highest BCUT2D eigenvalue weighted by molar-refractivity contribution is 5.80. The van der Waals surface area contributed by atoms with Crippen LogP contribution in [0.4, 0.5) is 0 Å². The maximum absolute atomic E-state index is 5.09. The summed E-state index contributed by atoms with van der Waals surface area (Å²) in [5, 5.41) is 8.07. The van der Waals surface area contributed by atoms with E-state index in [2.05, 4.69) is 68.7 Å². The van der Waals surface area contributed by atoms with E-state index < -0.39 is 0 Å². The fourth-order valence-electron chi connectivity index (χ4n) is 2.93. The number of hydrogen-bond donors (Lipinski definition) is 2. The van der Waals surface area contributed by atoms with Crippen LogP contribution in [-0.2, 0) is 11.3 Å². The molecule has 26 heavy (non-hydrogen) atoms. The van der Waals surface area contributed by atoms with E-state index in [0.29, 0.717) is 0 Å². The third-order valence-corrected chi connectivity index (χ3v) is 4.46. The molecule has 0 radical (unpaired) electrons. The third kappa shape index (κ3) is 6.69. The summed E-state index contributed by atoms with van der Waals surface area (Å²) < 4.78 is 7.40. The maximum atomic E-state index is 5.09. The Balaban J connectivity index is 1.60. The first-order valence-electron chi connectivity index (χ1n) is 9.40. The van der Waals surface area contributed by atoms with Gasteiger partial charge in [0.25, 0.3) is 0 Å². The van der Waals surface area contributed by atoms with Crippen LogP contribution in [0, 0.1) is 0 Å². The molecule has 1 heterocycles. The predicted molar refractivity (Wildman–Crippen MR) is 110 cm³/mol. The average Bonchev–Trinajstić information content (AvgIpc) is 3.08. The molecule has 0 unspecified atom stereocenters. The fraction of sp³-hybridized carbons (Fsp3) is 0.550. The van der Waals surface area contributed by atoms with Gasteiger partial charge in [0.05, 0.1) is 6.61 Å². The van der Waals surface area contributed by atoms with Crippen molar-refractivity contribution >= 4 is 16.9 Å². The number of para-hydroxylation sites is 1. The lowest BCUT2D eigenvalue weighted by molar-refractivity contribution is 0.161. The highest BCUT2D eigenvalue weighted by atomic mass is 16.5. The number of guanidine groups is 1. The second-order valence-corrected chi connectivity index (χ2v) is 6.50. The van der Waals surface area contributed by atoms with Crippen molar-refractivity contribution in [1.29, 1.82) is 0 Å². The van der Waals surface area contributed by atoms with E-state index >= 15 is 0 Å². The van der Waals surface area contributed by atoms with Crippen LogP contribution >= 0.6 is 0 Å². The number of rotatable bonds is 11. The number of nitrogens with one attached hydrogen (secondary N) is 2. The lowest BCUT2D eigenvalue weighted by atomic mass is 10.2. The zero-order valence-electron chi connectivity index (χ0n) is 16.4. The topological polar surface area (TPSA) is 53.8 Å². The number of fused-ring (bicyclic) bond motifs is 1. The van der Waals surface area contributed by atoms with Gasteiger partial charge >= 0.3 is 0 Å². The van der Waals surface area contributed by atoms with E-state index in [1.54, 1.807) is 7.11 Å². The summed E-state index contributed by atoms with van der Waals surface area (Å²) in [4.78, 5) is 6.57. The van der Waals surface area contributed by atoms with Gasteiger partial charge in [-0.2, -0.15) is 0 Å². The first-order chi connectivity index (χ1) is 12.7. The van der Waals surface area contributed by atoms with Gasteiger partial charge in [-0.3, -0.25) is 4.99 Å². The van der Waals surface area contributed by atoms with Crippen LogP contribution in [0.25, 0.3) is 10.9 Å². The number of benzene rings is 1. The van der Waals surface area contributed by atoms with Crippen LogP contribution in [0.1, 0.15) is 12.8 Å². The number of aliphatic imine (C=N–C) groups is 1. The van der Waals surface area contributed by atoms with Gasteiger partial charge in [-0.05, 0) is 44.0 Å². The first-order valence-corrected chi connectivity index (χ1v) is 9.40. The zero-order chi connectivity index (χ0) is 18.6. The van der Waals surface area contributed by atoms with Gasteiger partial charge in [0.2, 0.25) is 0 Å². The Bertz CT molecular complexity index is 667. The molecular formula is C20H33N5O. The third-order valence-electron chi connectivity index (χ3n) is 4.46. The molecule has 6 heteroatoms. The Labute approximate surface area is 157 Å². The smallest absolute Gasteiger partial charge is 0.190 e. The van der Waals surface area contributed by atoms with Crippen LogP contribution < -0.4 is 10.6 Å². The number of likely N-dealkylation sites (N-methyl/N-ethyl adjacent to an activating group) is 1. The van der Waals surface area contributed by atoms with Crippen molar-refractivity contribution in [3.63, 3.8) is 0 Å². The van der Waals surface area contributed by atoms with Crippen LogP contribution in [-0.4, -0.2) is 69.4 Å². The van der Waals surface area contributed by atoms with Crippen LogP contribution in [0.5, 0.6) is 0 Å². The largest absolute Gasteiger partial charge is 0.383 e. The van der Waals surface area contributed by atoms with E-state index in [4.69, 9.17) is 4.74 Å². The molecule has 0 amide bonds. The van der Waals surface area contributed by atoms with Crippen LogP contribution in [0.15, 0.2) is 41.5 Å². The summed E-state index contributed by atoms with van der Waals surface area (Å²) in [5.41, 5.74) is 1.30. The molecule has 144 valence electrons. The minimum absolute atomic E-state index is 0.782. The van der Waals surface area contributed by atoms with Gasteiger partial charge in [0.15, 0.2) is 5.96 Å². The summed E-state index contributed by atoms with van der Waals surface area (Å²) in [6, 6.07) is 10.7. The zero-order valence-corrected chi connectivity index (χ0v) is 16.4. The molecular weight excluding hydrogens is 326 g/mol. The van der Waals surface area contributed by atoms with Crippen LogP contribution in [0.2, 0.25) is 0 Å². The Morgan fingerprint density at radius 1 is 1.12 bits per heavy atom. The predicted octanol–water partition coefficient (Wildman–Crippen LogP) is 2.16. The van der Waals surface area contributed by atoms with Gasteiger partial charge in [-0.1, -0.05) is 18.2 Å². The van der Waals surface area contributed by atoms with E-state index in [0.717, 1.165) is 58.1 Å². The molecule has 0 aliphatic heterocycles. The standard InChI is InChI=1S/C20H33N5O/c1-21-20(22-11-6-13-24(2)16-17-26-3)23-12-7-14-25-15-10-18-8-4-5-9-19(18)25/h4-5,8-10,15H,6-7,11-14,16-17H2,1-3H3,(H2,21,22,23). The lowest BCUT2D eigenvalue weighted by Gasteiger charge is -2.17. The highest BCUT2D eigenvalue weighted by Crippen LogP contribution is 2.15. The molecule has 0 saturated carbocycles. The lowest BCUT2D eigenvalue weighted by Crippen LogP contribution is -2.39. The molecule has 0 saturated heterocycles. The van der Waals surface area contributed by atoms with Gasteiger partial charge in [-0.25, -0.2) is 0 Å². The SMILES string of the molecule is CN=C(NCCCN(C)CCOC)NCCCn1ccc2ccccc21. The molecule has 6 nitrogen and oxygen atoms in total. The molecule has 2 aromatic rings. The van der Waals surface area contributed by atoms with Gasteiger partial charge in [0.1, 0.15) is 0 Å². The Morgan fingerprint density at radius 2 is 1.88 bits per heavy atom. The van der Waals surface area contributed by atoms with Gasteiger partial charge in [-0.15, -0.1) is 0 Å². The summed E-state index contributed by atoms with van der Waals surface area (Å²) in [7, 11) is 5.68. The minimum Gasteiger partial charge on any atom is -0.383 e. The maximum Gasteiger partial charge on any atom is 0.190 e. The molecule has 0 fully saturated rings.